The number of hydrogen-bond donors (Lipinski definition) is 2. The highest BCUT2D eigenvalue weighted by Crippen LogP contribution is 2.40. The Morgan fingerprint density at radius 1 is 1.33 bits per heavy atom. The van der Waals surface area contributed by atoms with Crippen molar-refractivity contribution in [2.75, 3.05) is 5.73 Å². The zero-order valence-corrected chi connectivity index (χ0v) is 15.9. The minimum Gasteiger partial charge on any atom is -0.487 e. The second-order valence-corrected chi connectivity index (χ2v) is 8.00. The Balaban J connectivity index is 0.00000208. The second kappa shape index (κ2) is 6.65. The summed E-state index contributed by atoms with van der Waals surface area (Å²) >= 11 is 1.53. The van der Waals surface area contributed by atoms with Gasteiger partial charge in [0, 0.05) is 22.5 Å². The molecule has 3 N–H and O–H groups in total. The molecule has 2 aromatic rings. The predicted molar refractivity (Wildman–Crippen MR) is 101 cm³/mol. The average molecular weight is 367 g/mol. The van der Waals surface area contributed by atoms with Crippen LogP contribution in [-0.2, 0) is 0 Å². The van der Waals surface area contributed by atoms with E-state index < -0.39 is 0 Å². The maximum atomic E-state index is 12.6. The van der Waals surface area contributed by atoms with Crippen LogP contribution in [0.5, 0.6) is 5.75 Å². The van der Waals surface area contributed by atoms with E-state index >= 15 is 0 Å². The monoisotopic (exact) mass is 366 g/mol. The van der Waals surface area contributed by atoms with Crippen molar-refractivity contribution in [1.29, 1.82) is 0 Å². The SMILES string of the molecule is Cc1cc(C(=O)NC2CC(C)(C)Oc3ccc(N)cc32)sc1C.Cl. The second-order valence-electron chi connectivity index (χ2n) is 6.74. The summed E-state index contributed by atoms with van der Waals surface area (Å²) in [6.45, 7) is 8.12. The molecule has 1 aliphatic heterocycles. The summed E-state index contributed by atoms with van der Waals surface area (Å²) in [7, 11) is 0. The molecule has 2 heterocycles. The number of hydrogen-bond acceptors (Lipinski definition) is 4. The number of rotatable bonds is 2. The highest BCUT2D eigenvalue weighted by atomic mass is 35.5. The molecule has 0 fully saturated rings. The molecule has 1 unspecified atom stereocenters. The van der Waals surface area contributed by atoms with Gasteiger partial charge in [-0.25, -0.2) is 0 Å². The summed E-state index contributed by atoms with van der Waals surface area (Å²) in [6, 6.07) is 7.43. The van der Waals surface area contributed by atoms with Crippen LogP contribution in [0.1, 0.15) is 52.0 Å². The molecule has 0 radical (unpaired) electrons. The molecule has 6 heteroatoms. The van der Waals surface area contributed by atoms with Crippen LogP contribution in [0.25, 0.3) is 0 Å². The van der Waals surface area contributed by atoms with Gasteiger partial charge >= 0.3 is 0 Å². The van der Waals surface area contributed by atoms with E-state index in [4.69, 9.17) is 10.5 Å². The fourth-order valence-electron chi connectivity index (χ4n) is 2.92. The Kier molecular flexibility index (Phi) is 5.16. The Morgan fingerprint density at radius 3 is 2.67 bits per heavy atom. The summed E-state index contributed by atoms with van der Waals surface area (Å²) in [6.07, 6.45) is 0.707. The zero-order chi connectivity index (χ0) is 16.8. The summed E-state index contributed by atoms with van der Waals surface area (Å²) in [5, 5.41) is 3.15. The lowest BCUT2D eigenvalue weighted by Gasteiger charge is -2.38. The van der Waals surface area contributed by atoms with E-state index in [1.807, 2.05) is 52.0 Å². The Morgan fingerprint density at radius 2 is 2.04 bits per heavy atom. The Labute approximate surface area is 152 Å². The number of halogens is 1. The van der Waals surface area contributed by atoms with Gasteiger partial charge in [-0.15, -0.1) is 23.7 Å². The molecule has 0 aliphatic carbocycles. The fourth-order valence-corrected chi connectivity index (χ4v) is 3.85. The summed E-state index contributed by atoms with van der Waals surface area (Å²) in [5.74, 6) is 0.751. The lowest BCUT2D eigenvalue weighted by molar-refractivity contribution is 0.0621. The van der Waals surface area contributed by atoms with Crippen molar-refractivity contribution in [2.24, 2.45) is 0 Å². The minimum absolute atomic E-state index is 0. The molecule has 24 heavy (non-hydrogen) atoms. The third-order valence-corrected chi connectivity index (χ3v) is 5.34. The van der Waals surface area contributed by atoms with Crippen LogP contribution in [0.4, 0.5) is 5.69 Å². The van der Waals surface area contributed by atoms with E-state index in [0.29, 0.717) is 12.1 Å². The average Bonchev–Trinajstić information content (AvgIpc) is 2.79. The number of fused-ring (bicyclic) bond motifs is 1. The van der Waals surface area contributed by atoms with E-state index in [0.717, 1.165) is 21.8 Å². The lowest BCUT2D eigenvalue weighted by Crippen LogP contribution is -2.41. The first-order chi connectivity index (χ1) is 10.7. The number of thiophene rings is 1. The van der Waals surface area contributed by atoms with Crippen molar-refractivity contribution >= 4 is 35.3 Å². The number of aryl methyl sites for hydroxylation is 2. The molecular formula is C18H23ClN2O2S. The number of nitrogens with one attached hydrogen (secondary N) is 1. The van der Waals surface area contributed by atoms with Gasteiger partial charge in [-0.2, -0.15) is 0 Å². The van der Waals surface area contributed by atoms with Gasteiger partial charge in [0.25, 0.3) is 5.91 Å². The van der Waals surface area contributed by atoms with E-state index in [2.05, 4.69) is 5.32 Å². The molecule has 0 spiro atoms. The summed E-state index contributed by atoms with van der Waals surface area (Å²) in [5.41, 5.74) is 8.35. The molecule has 1 aliphatic rings. The Hall–Kier alpha value is -1.72. The third kappa shape index (κ3) is 3.68. The number of carbonyl (C=O) groups excluding carboxylic acids is 1. The van der Waals surface area contributed by atoms with Crippen LogP contribution in [0.3, 0.4) is 0 Å². The van der Waals surface area contributed by atoms with E-state index in [9.17, 15) is 4.79 Å². The van der Waals surface area contributed by atoms with Gasteiger partial charge in [0.15, 0.2) is 0 Å². The summed E-state index contributed by atoms with van der Waals surface area (Å²) < 4.78 is 6.01. The summed E-state index contributed by atoms with van der Waals surface area (Å²) in [4.78, 5) is 14.5. The van der Waals surface area contributed by atoms with Crippen LogP contribution in [0.15, 0.2) is 24.3 Å². The topological polar surface area (TPSA) is 64.3 Å². The van der Waals surface area contributed by atoms with E-state index in [1.54, 1.807) is 0 Å². The van der Waals surface area contributed by atoms with Crippen molar-refractivity contribution in [3.05, 3.63) is 45.1 Å². The van der Waals surface area contributed by atoms with Gasteiger partial charge in [-0.05, 0) is 57.5 Å². The highest BCUT2D eigenvalue weighted by Gasteiger charge is 2.35. The smallest absolute Gasteiger partial charge is 0.261 e. The largest absolute Gasteiger partial charge is 0.487 e. The number of carbonyl (C=O) groups is 1. The number of anilines is 1. The molecule has 4 nitrogen and oxygen atoms in total. The standard InChI is InChI=1S/C18H22N2O2S.ClH/c1-10-7-16(23-11(10)2)17(21)20-14-9-18(3,4)22-15-6-5-12(19)8-13(14)15;/h5-8,14H,9,19H2,1-4H3,(H,20,21);1H. The molecule has 1 atom stereocenters. The molecule has 0 saturated carbocycles. The molecule has 130 valence electrons. The number of nitrogen functional groups attached to an aromatic ring is 1. The first-order valence-corrected chi connectivity index (χ1v) is 8.53. The van der Waals surface area contributed by atoms with Crippen molar-refractivity contribution in [1.82, 2.24) is 5.32 Å². The lowest BCUT2D eigenvalue weighted by atomic mass is 9.89. The van der Waals surface area contributed by atoms with Crippen LogP contribution in [-0.4, -0.2) is 11.5 Å². The van der Waals surface area contributed by atoms with Gasteiger partial charge in [0.1, 0.15) is 11.4 Å². The van der Waals surface area contributed by atoms with Gasteiger partial charge in [-0.1, -0.05) is 0 Å². The molecule has 0 saturated heterocycles. The van der Waals surface area contributed by atoms with Crippen molar-refractivity contribution in [3.8, 4) is 5.75 Å². The third-order valence-electron chi connectivity index (χ3n) is 4.19. The first kappa shape index (κ1) is 18.6. The maximum Gasteiger partial charge on any atom is 0.261 e. The number of ether oxygens (including phenoxy) is 1. The fraction of sp³-hybridized carbons (Fsp3) is 0.389. The van der Waals surface area contributed by atoms with Gasteiger partial charge in [0.2, 0.25) is 0 Å². The van der Waals surface area contributed by atoms with Crippen LogP contribution in [0.2, 0.25) is 0 Å². The predicted octanol–water partition coefficient (Wildman–Crippen LogP) is 4.40. The van der Waals surface area contributed by atoms with E-state index in [1.165, 1.54) is 16.2 Å². The van der Waals surface area contributed by atoms with Crippen LogP contribution >= 0.6 is 23.7 Å². The molecular weight excluding hydrogens is 344 g/mol. The van der Waals surface area contributed by atoms with Crippen molar-refractivity contribution in [3.63, 3.8) is 0 Å². The molecule has 3 rings (SSSR count). The first-order valence-electron chi connectivity index (χ1n) is 7.71. The number of amides is 1. The molecule has 0 bridgehead atoms. The van der Waals surface area contributed by atoms with Gasteiger partial charge in [0.05, 0.1) is 10.9 Å². The quantitative estimate of drug-likeness (QED) is 0.774. The van der Waals surface area contributed by atoms with Crippen LogP contribution in [0, 0.1) is 13.8 Å². The minimum atomic E-state index is -0.331. The van der Waals surface area contributed by atoms with Crippen molar-refractivity contribution in [2.45, 2.75) is 45.8 Å². The molecule has 1 aromatic heterocycles. The normalized spacial score (nSPS) is 18.1. The molecule has 1 amide bonds. The number of nitrogens with two attached hydrogens (primary N) is 1. The van der Waals surface area contributed by atoms with E-state index in [-0.39, 0.29) is 30.0 Å². The number of benzene rings is 1. The van der Waals surface area contributed by atoms with Gasteiger partial charge in [-0.3, -0.25) is 4.79 Å². The Bertz CT molecular complexity index is 751. The van der Waals surface area contributed by atoms with Gasteiger partial charge < -0.3 is 15.8 Å². The zero-order valence-electron chi connectivity index (χ0n) is 14.3. The highest BCUT2D eigenvalue weighted by molar-refractivity contribution is 7.14. The van der Waals surface area contributed by atoms with Crippen LogP contribution < -0.4 is 15.8 Å². The molecule has 1 aromatic carbocycles. The van der Waals surface area contributed by atoms with Crippen molar-refractivity contribution < 1.29 is 9.53 Å². The maximum absolute atomic E-state index is 12.6.